The number of fused-ring (bicyclic) bond motifs is 4. The number of carbonyl (C=O) groups is 3. The lowest BCUT2D eigenvalue weighted by atomic mass is 9.91. The molecule has 5 heterocycles. The molecule has 4 atom stereocenters. The van der Waals surface area contributed by atoms with Crippen molar-refractivity contribution < 1.29 is 42.5 Å². The summed E-state index contributed by atoms with van der Waals surface area (Å²) in [5.74, 6) is 2.24. The number of rotatable bonds is 11. The number of ether oxygens (including phenoxy) is 5. The van der Waals surface area contributed by atoms with E-state index in [9.17, 15) is 9.59 Å². The molecule has 306 valence electrons. The van der Waals surface area contributed by atoms with E-state index in [-0.39, 0.29) is 83.6 Å². The van der Waals surface area contributed by atoms with Crippen LogP contribution in [-0.4, -0.2) is 125 Å². The van der Waals surface area contributed by atoms with Crippen molar-refractivity contribution in [3.05, 3.63) is 47.0 Å². The average molecular weight is 798 g/mol. The number of hydrogen-bond donors (Lipinski definition) is 0. The highest BCUT2D eigenvalue weighted by Crippen LogP contribution is 2.42. The van der Waals surface area contributed by atoms with Crippen LogP contribution in [-0.2, 0) is 19.0 Å². The first-order chi connectivity index (χ1) is 27.8. The number of likely N-dealkylation sites (N-methyl/N-ethyl adjacent to an activating group) is 1. The van der Waals surface area contributed by atoms with Crippen molar-refractivity contribution in [2.75, 3.05) is 52.7 Å². The molecule has 58 heavy (non-hydrogen) atoms. The highest BCUT2D eigenvalue weighted by Gasteiger charge is 2.51. The smallest absolute Gasteiger partial charge is 0.411 e. The van der Waals surface area contributed by atoms with Crippen LogP contribution in [0.25, 0.3) is 21.9 Å². The van der Waals surface area contributed by atoms with Gasteiger partial charge in [0.25, 0.3) is 0 Å². The van der Waals surface area contributed by atoms with Crippen molar-refractivity contribution in [1.29, 1.82) is 0 Å². The van der Waals surface area contributed by atoms with E-state index in [0.717, 1.165) is 19.3 Å². The van der Waals surface area contributed by atoms with Crippen LogP contribution < -0.4 is 14.4 Å². The molecule has 4 aromatic rings. The van der Waals surface area contributed by atoms with E-state index in [4.69, 9.17) is 45.1 Å². The minimum Gasteiger partial charge on any atom is -0.468 e. The van der Waals surface area contributed by atoms with Gasteiger partial charge in [-0.2, -0.15) is 9.97 Å². The van der Waals surface area contributed by atoms with Gasteiger partial charge in [0, 0.05) is 57.8 Å². The van der Waals surface area contributed by atoms with Crippen LogP contribution >= 0.6 is 0 Å². The summed E-state index contributed by atoms with van der Waals surface area (Å²) in [5.41, 5.74) is 0.134. The first-order valence-corrected chi connectivity index (χ1v) is 19.7. The number of amides is 2. The Morgan fingerprint density at radius 1 is 1.03 bits per heavy atom. The highest BCUT2D eigenvalue weighted by atomic mass is 19.1. The number of carbonyl (C=O) groups excluding carboxylic acids is 3. The maximum absolute atomic E-state index is 15.3. The third-order valence-corrected chi connectivity index (χ3v) is 11.7. The molecule has 2 amide bonds. The Kier molecular flexibility index (Phi) is 10.4. The molecule has 0 N–H and O–H groups in total. The van der Waals surface area contributed by atoms with Crippen LogP contribution in [0.3, 0.4) is 0 Å². The zero-order valence-electron chi connectivity index (χ0n) is 33.6. The van der Waals surface area contributed by atoms with Gasteiger partial charge in [-0.1, -0.05) is 12.0 Å². The van der Waals surface area contributed by atoms with Crippen LogP contribution in [0.15, 0.2) is 24.3 Å². The molecule has 2 bridgehead atoms. The topological polar surface area (TPSA) is 151 Å². The number of benzene rings is 2. The van der Waals surface area contributed by atoms with E-state index >= 15 is 9.18 Å². The van der Waals surface area contributed by atoms with E-state index < -0.39 is 23.3 Å². The third-order valence-electron chi connectivity index (χ3n) is 11.7. The van der Waals surface area contributed by atoms with Gasteiger partial charge < -0.3 is 38.1 Å². The molecule has 0 spiro atoms. The molecule has 2 aromatic heterocycles. The Hall–Kier alpha value is -5.53. The van der Waals surface area contributed by atoms with Gasteiger partial charge in [0.15, 0.2) is 24.1 Å². The van der Waals surface area contributed by atoms with Gasteiger partial charge in [-0.05, 0) is 76.5 Å². The van der Waals surface area contributed by atoms with Crippen molar-refractivity contribution in [2.24, 2.45) is 0 Å². The van der Waals surface area contributed by atoms with Crippen LogP contribution in [0.1, 0.15) is 87.1 Å². The Labute approximate surface area is 335 Å². The second-order valence-electron chi connectivity index (χ2n) is 16.4. The molecule has 15 nitrogen and oxygen atoms in total. The predicted octanol–water partition coefficient (Wildman–Crippen LogP) is 5.25. The number of halogens is 1. The fraction of sp³-hybridized carbons (Fsp3) is 0.524. The zero-order chi connectivity index (χ0) is 41.0. The fourth-order valence-corrected chi connectivity index (χ4v) is 8.64. The number of ketones is 1. The molecular formula is C42H48FN7O8. The van der Waals surface area contributed by atoms with Gasteiger partial charge in [-0.3, -0.25) is 14.5 Å². The molecule has 2 aromatic carbocycles. The highest BCUT2D eigenvalue weighted by molar-refractivity contribution is 6.17. The first-order valence-electron chi connectivity index (χ1n) is 19.7. The Morgan fingerprint density at radius 2 is 1.83 bits per heavy atom. The van der Waals surface area contributed by atoms with Gasteiger partial charge in [0.05, 0.1) is 29.8 Å². The minimum absolute atomic E-state index is 0.0369. The number of nitrogens with zero attached hydrogens (tertiary/aromatic N) is 7. The Morgan fingerprint density at radius 3 is 2.48 bits per heavy atom. The standard InChI is InChI=1S/C42H48FN7O8/c1-8-28-30(43)14-12-23-16-27(57-22-54-6)18-29(34(23)28)36(52)39-44-37-35(50(39)24-10-9-11-24)38(46-40(45-37)56-21-25-13-15-33(51)47(25)5)48-19-26-17-32(55-7)31(20-48)49(26)41(53)58-42(2,3)4/h1,12,14,16,18,24-26,31-32H,9-11,13,15,17,19-22H2,2-7H3/t25-,26?,31?,32?/m0/s1. The van der Waals surface area contributed by atoms with E-state index in [2.05, 4.69) is 10.8 Å². The number of piperazine rings is 1. The second kappa shape index (κ2) is 15.3. The molecule has 4 aliphatic rings. The summed E-state index contributed by atoms with van der Waals surface area (Å²) in [6.45, 7) is 6.32. The molecule has 3 aliphatic heterocycles. The summed E-state index contributed by atoms with van der Waals surface area (Å²) in [5, 5.41) is 0.769. The van der Waals surface area contributed by atoms with Gasteiger partial charge in [0.2, 0.25) is 11.7 Å². The number of imidazole rings is 1. The Balaban J connectivity index is 1.28. The van der Waals surface area contributed by atoms with Crippen LogP contribution in [0.4, 0.5) is 15.0 Å². The van der Waals surface area contributed by atoms with Gasteiger partial charge in [-0.15, -0.1) is 6.42 Å². The van der Waals surface area contributed by atoms with Crippen molar-refractivity contribution in [2.45, 2.75) is 95.2 Å². The van der Waals surface area contributed by atoms with Crippen molar-refractivity contribution >= 4 is 45.5 Å². The lowest BCUT2D eigenvalue weighted by Gasteiger charge is -2.42. The van der Waals surface area contributed by atoms with Gasteiger partial charge >= 0.3 is 12.1 Å². The van der Waals surface area contributed by atoms with Crippen molar-refractivity contribution in [1.82, 2.24) is 29.3 Å². The molecule has 16 heteroatoms. The van der Waals surface area contributed by atoms with Crippen molar-refractivity contribution in [3.8, 4) is 24.1 Å². The summed E-state index contributed by atoms with van der Waals surface area (Å²) in [6, 6.07) is 5.15. The molecule has 1 aliphatic carbocycles. The van der Waals surface area contributed by atoms with E-state index in [0.29, 0.717) is 54.8 Å². The quantitative estimate of drug-likeness (QED) is 0.111. The number of likely N-dealkylation sites (tertiary alicyclic amines) is 1. The monoisotopic (exact) mass is 797 g/mol. The number of hydrogen-bond acceptors (Lipinski definition) is 12. The fourth-order valence-electron chi connectivity index (χ4n) is 8.64. The number of methoxy groups -OCH3 is 2. The summed E-state index contributed by atoms with van der Waals surface area (Å²) >= 11 is 0. The van der Waals surface area contributed by atoms with Gasteiger partial charge in [0.1, 0.15) is 29.3 Å². The maximum atomic E-state index is 15.3. The van der Waals surface area contributed by atoms with Crippen LogP contribution in [0, 0.1) is 18.2 Å². The number of anilines is 1. The molecule has 8 rings (SSSR count). The molecular weight excluding hydrogens is 750 g/mol. The third kappa shape index (κ3) is 7.04. The van der Waals surface area contributed by atoms with Crippen LogP contribution in [0.2, 0.25) is 0 Å². The number of aromatic nitrogens is 4. The Bertz CT molecular complexity index is 2330. The number of terminal acetylenes is 1. The lowest BCUT2D eigenvalue weighted by molar-refractivity contribution is -0.128. The second-order valence-corrected chi connectivity index (χ2v) is 16.4. The maximum Gasteiger partial charge on any atom is 0.411 e. The SMILES string of the molecule is C#Cc1c(F)ccc2cc(OCOC)cc(C(=O)c3nc4nc(OC[C@@H]5CCC(=O)N5C)nc(N5CC6CC(OC)C(C5)N6C(=O)OC(C)(C)C)c4n3C3CCC3)c12. The molecule has 3 unspecified atom stereocenters. The van der Waals surface area contributed by atoms with Crippen LogP contribution in [0.5, 0.6) is 11.8 Å². The van der Waals surface area contributed by atoms with Gasteiger partial charge in [-0.25, -0.2) is 14.2 Å². The van der Waals surface area contributed by atoms with E-state index in [1.165, 1.54) is 19.2 Å². The molecule has 0 radical (unpaired) electrons. The van der Waals surface area contributed by atoms with E-state index in [1.54, 1.807) is 36.1 Å². The minimum atomic E-state index is -0.689. The summed E-state index contributed by atoms with van der Waals surface area (Å²) in [7, 11) is 4.88. The van der Waals surface area contributed by atoms with E-state index in [1.807, 2.05) is 25.3 Å². The predicted molar refractivity (Wildman–Crippen MR) is 211 cm³/mol. The molecule has 3 saturated heterocycles. The average Bonchev–Trinajstić information content (AvgIpc) is 3.78. The summed E-state index contributed by atoms with van der Waals surface area (Å²) in [6.07, 6.45) is 9.32. The summed E-state index contributed by atoms with van der Waals surface area (Å²) < 4.78 is 46.1. The normalized spacial score (nSPS) is 22.1. The molecule has 1 saturated carbocycles. The molecule has 4 fully saturated rings. The zero-order valence-corrected chi connectivity index (χ0v) is 33.6. The largest absolute Gasteiger partial charge is 0.468 e. The summed E-state index contributed by atoms with van der Waals surface area (Å²) in [4.78, 5) is 61.3. The lowest BCUT2D eigenvalue weighted by Crippen LogP contribution is -2.58. The first kappa shape index (κ1) is 39.3. The van der Waals surface area contributed by atoms with Crippen molar-refractivity contribution in [3.63, 3.8) is 0 Å².